The highest BCUT2D eigenvalue weighted by Gasteiger charge is 2.56. The van der Waals surface area contributed by atoms with Gasteiger partial charge in [-0.2, -0.15) is 5.26 Å². The van der Waals surface area contributed by atoms with Gasteiger partial charge in [-0.05, 0) is 58.2 Å². The van der Waals surface area contributed by atoms with Gasteiger partial charge in [0.1, 0.15) is 6.54 Å². The summed E-state index contributed by atoms with van der Waals surface area (Å²) < 4.78 is 0. The molecule has 0 aromatic heterocycles. The average molecular weight is 425 g/mol. The van der Waals surface area contributed by atoms with E-state index >= 15 is 0 Å². The molecule has 1 aromatic rings. The van der Waals surface area contributed by atoms with E-state index in [2.05, 4.69) is 49.3 Å². The highest BCUT2D eigenvalue weighted by molar-refractivity contribution is 5.83. The molecule has 0 atom stereocenters. The summed E-state index contributed by atoms with van der Waals surface area (Å²) in [5.74, 6) is -0.994. The van der Waals surface area contributed by atoms with Crippen molar-refractivity contribution in [1.82, 2.24) is 14.7 Å². The number of carboxylic acids is 1. The molecule has 1 aliphatic heterocycles. The summed E-state index contributed by atoms with van der Waals surface area (Å²) in [5.41, 5.74) is 0.295. The van der Waals surface area contributed by atoms with Gasteiger partial charge in [0.25, 0.3) is 0 Å². The summed E-state index contributed by atoms with van der Waals surface area (Å²) in [7, 11) is 4.22. The second kappa shape index (κ2) is 7.83. The molecule has 0 radical (unpaired) electrons. The molecule has 1 saturated heterocycles. The highest BCUT2D eigenvalue weighted by atomic mass is 16.4. The minimum Gasteiger partial charge on any atom is -0.480 e. The first-order valence-electron chi connectivity index (χ1n) is 11.2. The van der Waals surface area contributed by atoms with Crippen molar-refractivity contribution in [3.8, 4) is 6.07 Å². The number of amides is 2. The van der Waals surface area contributed by atoms with E-state index in [1.807, 2.05) is 11.0 Å². The first kappa shape index (κ1) is 21.6. The van der Waals surface area contributed by atoms with Gasteiger partial charge in [-0.3, -0.25) is 9.69 Å². The van der Waals surface area contributed by atoms with Crippen LogP contribution >= 0.6 is 0 Å². The fraction of sp³-hybridized carbons (Fsp3) is 0.625. The first-order valence-corrected chi connectivity index (χ1v) is 11.2. The van der Waals surface area contributed by atoms with Gasteiger partial charge in [-0.25, -0.2) is 4.79 Å². The molecule has 166 valence electrons. The lowest BCUT2D eigenvalue weighted by Crippen LogP contribution is -2.57. The van der Waals surface area contributed by atoms with Crippen molar-refractivity contribution in [2.24, 2.45) is 5.41 Å². The molecule has 2 saturated carbocycles. The molecule has 1 heterocycles. The molecule has 2 aliphatic carbocycles. The molecule has 0 unspecified atom stereocenters. The van der Waals surface area contributed by atoms with E-state index < -0.39 is 16.9 Å². The predicted octanol–water partition coefficient (Wildman–Crippen LogP) is 3.27. The smallest absolute Gasteiger partial charge is 0.323 e. The zero-order valence-electron chi connectivity index (χ0n) is 18.5. The third kappa shape index (κ3) is 3.57. The molecule has 31 heavy (non-hydrogen) atoms. The van der Waals surface area contributed by atoms with Crippen LogP contribution in [0.3, 0.4) is 0 Å². The predicted molar refractivity (Wildman–Crippen MR) is 116 cm³/mol. The number of aliphatic carboxylic acids is 1. The lowest BCUT2D eigenvalue weighted by molar-refractivity contribution is -0.137. The Bertz CT molecular complexity index is 880. The number of carboxylic acid groups (broad SMARTS) is 1. The SMILES string of the molecule is CN(C)[C@]1(c2ccccc2)CC[C@]2(CC1)CN(CC(=O)O)C(=O)N2CC1(C#N)CCC1. The molecule has 3 aliphatic rings. The van der Waals surface area contributed by atoms with E-state index in [0.717, 1.165) is 44.9 Å². The summed E-state index contributed by atoms with van der Waals surface area (Å²) in [6.07, 6.45) is 6.00. The number of nitriles is 1. The Morgan fingerprint density at radius 2 is 1.77 bits per heavy atom. The molecule has 7 nitrogen and oxygen atoms in total. The second-order valence-corrected chi connectivity index (χ2v) is 9.88. The van der Waals surface area contributed by atoms with Crippen LogP contribution in [0.25, 0.3) is 0 Å². The number of hydrogen-bond acceptors (Lipinski definition) is 4. The maximum atomic E-state index is 13.3. The number of rotatable bonds is 6. The summed E-state index contributed by atoms with van der Waals surface area (Å²) in [5, 5.41) is 19.1. The maximum Gasteiger partial charge on any atom is 0.323 e. The standard InChI is InChI=1S/C24H32N4O3/c1-26(2)24(19-7-4-3-5-8-19)13-11-23(12-14-24)18-27(15-20(29)30)21(31)28(23)17-22(16-25)9-6-10-22/h3-5,7-8H,6,9-15,17-18H2,1-2H3,(H,29,30)/t23-,24+. The Morgan fingerprint density at radius 3 is 2.26 bits per heavy atom. The van der Waals surface area contributed by atoms with Crippen molar-refractivity contribution in [2.75, 3.05) is 33.7 Å². The van der Waals surface area contributed by atoms with Gasteiger partial charge in [-0.15, -0.1) is 0 Å². The van der Waals surface area contributed by atoms with Crippen molar-refractivity contribution in [3.05, 3.63) is 35.9 Å². The summed E-state index contributed by atoms with van der Waals surface area (Å²) in [6.45, 7) is 0.560. The van der Waals surface area contributed by atoms with Crippen LogP contribution in [0, 0.1) is 16.7 Å². The van der Waals surface area contributed by atoms with Crippen LogP contribution in [0.5, 0.6) is 0 Å². The largest absolute Gasteiger partial charge is 0.480 e. The number of carbonyl (C=O) groups is 2. The third-order valence-electron chi connectivity index (χ3n) is 8.07. The van der Waals surface area contributed by atoms with Crippen molar-refractivity contribution in [2.45, 2.75) is 56.0 Å². The topological polar surface area (TPSA) is 87.9 Å². The van der Waals surface area contributed by atoms with Gasteiger partial charge in [0, 0.05) is 18.6 Å². The maximum absolute atomic E-state index is 13.3. The highest BCUT2D eigenvalue weighted by Crippen LogP contribution is 2.51. The zero-order chi connectivity index (χ0) is 22.3. The van der Waals surface area contributed by atoms with Crippen LogP contribution in [0.15, 0.2) is 30.3 Å². The summed E-state index contributed by atoms with van der Waals surface area (Å²) >= 11 is 0. The summed E-state index contributed by atoms with van der Waals surface area (Å²) in [6, 6.07) is 12.7. The molecule has 2 amide bonds. The fourth-order valence-electron chi connectivity index (χ4n) is 5.91. The van der Waals surface area contributed by atoms with Gasteiger partial charge in [0.05, 0.1) is 17.0 Å². The molecule has 3 fully saturated rings. The Morgan fingerprint density at radius 1 is 1.13 bits per heavy atom. The lowest BCUT2D eigenvalue weighted by atomic mass is 9.66. The van der Waals surface area contributed by atoms with E-state index in [-0.39, 0.29) is 18.1 Å². The Kier molecular flexibility index (Phi) is 5.47. The van der Waals surface area contributed by atoms with Crippen LogP contribution < -0.4 is 0 Å². The zero-order valence-corrected chi connectivity index (χ0v) is 18.5. The van der Waals surface area contributed by atoms with Crippen molar-refractivity contribution >= 4 is 12.0 Å². The van der Waals surface area contributed by atoms with Crippen LogP contribution in [0.1, 0.15) is 50.5 Å². The van der Waals surface area contributed by atoms with E-state index in [9.17, 15) is 20.0 Å². The second-order valence-electron chi connectivity index (χ2n) is 9.88. The molecular weight excluding hydrogens is 392 g/mol. The van der Waals surface area contributed by atoms with E-state index in [1.165, 1.54) is 10.5 Å². The Labute approximate surface area is 184 Å². The van der Waals surface area contributed by atoms with Crippen molar-refractivity contribution in [1.29, 1.82) is 5.26 Å². The van der Waals surface area contributed by atoms with E-state index in [1.54, 1.807) is 0 Å². The fourth-order valence-corrected chi connectivity index (χ4v) is 5.91. The monoisotopic (exact) mass is 424 g/mol. The lowest BCUT2D eigenvalue weighted by Gasteiger charge is -2.52. The van der Waals surface area contributed by atoms with Gasteiger partial charge < -0.3 is 14.9 Å². The molecule has 1 aromatic carbocycles. The third-order valence-corrected chi connectivity index (χ3v) is 8.07. The molecule has 1 N–H and O–H groups in total. The van der Waals surface area contributed by atoms with Crippen molar-refractivity contribution in [3.63, 3.8) is 0 Å². The van der Waals surface area contributed by atoms with E-state index in [0.29, 0.717) is 13.1 Å². The number of benzene rings is 1. The van der Waals surface area contributed by atoms with Crippen LogP contribution in [-0.4, -0.2) is 71.1 Å². The molecule has 4 rings (SSSR count). The van der Waals surface area contributed by atoms with E-state index in [4.69, 9.17) is 0 Å². The van der Waals surface area contributed by atoms with Crippen LogP contribution in [0.4, 0.5) is 4.79 Å². The number of nitrogens with zero attached hydrogens (tertiary/aromatic N) is 4. The Balaban J connectivity index is 1.63. The molecule has 7 heteroatoms. The number of hydrogen-bond donors (Lipinski definition) is 1. The first-order chi connectivity index (χ1) is 14.8. The Hall–Kier alpha value is -2.59. The number of urea groups is 1. The molecule has 0 bridgehead atoms. The summed E-state index contributed by atoms with van der Waals surface area (Å²) in [4.78, 5) is 30.3. The quantitative estimate of drug-likeness (QED) is 0.757. The van der Waals surface area contributed by atoms with Gasteiger partial charge in [-0.1, -0.05) is 36.8 Å². The van der Waals surface area contributed by atoms with Crippen molar-refractivity contribution < 1.29 is 14.7 Å². The molecular formula is C24H32N4O3. The van der Waals surface area contributed by atoms with Gasteiger partial charge in [0.15, 0.2) is 0 Å². The van der Waals surface area contributed by atoms with Gasteiger partial charge in [0.2, 0.25) is 0 Å². The van der Waals surface area contributed by atoms with Crippen LogP contribution in [-0.2, 0) is 10.3 Å². The number of carbonyl (C=O) groups excluding carboxylic acids is 1. The van der Waals surface area contributed by atoms with Crippen LogP contribution in [0.2, 0.25) is 0 Å². The molecule has 1 spiro atoms. The normalized spacial score (nSPS) is 29.8. The van der Waals surface area contributed by atoms with Gasteiger partial charge >= 0.3 is 12.0 Å². The minimum atomic E-state index is -0.994. The average Bonchev–Trinajstić information content (AvgIpc) is 2.96. The minimum absolute atomic E-state index is 0.106.